The predicted octanol–water partition coefficient (Wildman–Crippen LogP) is -0.226. The molecule has 12 atom stereocenters. The Labute approximate surface area is 363 Å². The van der Waals surface area contributed by atoms with Gasteiger partial charge in [0.1, 0.15) is 60.3 Å². The molecule has 4 saturated heterocycles. The maximum atomic E-state index is 15.5. The topological polar surface area (TPSA) is 226 Å². The zero-order chi connectivity index (χ0) is 44.0. The van der Waals surface area contributed by atoms with Crippen molar-refractivity contribution in [2.24, 2.45) is 5.41 Å². The van der Waals surface area contributed by atoms with Crippen LogP contribution in [-0.2, 0) is 68.7 Å². The van der Waals surface area contributed by atoms with Crippen molar-refractivity contribution in [2.45, 2.75) is 105 Å². The smallest absolute Gasteiger partial charge is 0.327 e. The summed E-state index contributed by atoms with van der Waals surface area (Å²) in [4.78, 5) is 52.1. The number of esters is 1. The van der Waals surface area contributed by atoms with Gasteiger partial charge in [-0.15, -0.1) is 0 Å². The van der Waals surface area contributed by atoms with Crippen LogP contribution in [0.25, 0.3) is 6.08 Å². The number of nitrogens with zero attached hydrogens (tertiary/aromatic N) is 2. The van der Waals surface area contributed by atoms with Gasteiger partial charge in [0.05, 0.1) is 26.4 Å². The van der Waals surface area contributed by atoms with Gasteiger partial charge in [-0.3, -0.25) is 19.2 Å². The molecule has 1 spiro atoms. The third-order valence-corrected chi connectivity index (χ3v) is 13.3. The van der Waals surface area contributed by atoms with E-state index in [1.165, 1.54) is 9.96 Å². The Morgan fingerprint density at radius 3 is 2.38 bits per heavy atom. The number of fused-ring (bicyclic) bond motifs is 5. The number of rotatable bonds is 14. The summed E-state index contributed by atoms with van der Waals surface area (Å²) >= 11 is 0. The second-order valence-electron chi connectivity index (χ2n) is 17.2. The molecule has 63 heavy (non-hydrogen) atoms. The average Bonchev–Trinajstić information content (AvgIpc) is 3.97. The third kappa shape index (κ3) is 7.99. The molecule has 3 aromatic carbocycles. The number of ether oxygens (including phenoxy) is 5. The molecule has 2 bridgehead atoms. The summed E-state index contributed by atoms with van der Waals surface area (Å²) in [7, 11) is 1.56. The van der Waals surface area contributed by atoms with Crippen LogP contribution < -0.4 is 5.32 Å². The van der Waals surface area contributed by atoms with Crippen LogP contribution in [0.2, 0.25) is 0 Å². The van der Waals surface area contributed by atoms with Gasteiger partial charge in [0.2, 0.25) is 11.8 Å². The van der Waals surface area contributed by atoms with E-state index in [1.54, 1.807) is 19.2 Å². The summed E-state index contributed by atoms with van der Waals surface area (Å²) in [6.45, 7) is -0.855. The molecule has 0 aromatic heterocycles. The molecule has 6 N–H and O–H groups in total. The summed E-state index contributed by atoms with van der Waals surface area (Å²) in [5, 5.41) is 53.8. The molecule has 2 amide bonds. The second-order valence-corrected chi connectivity index (χ2v) is 17.2. The molecule has 336 valence electrons. The van der Waals surface area contributed by atoms with Crippen molar-refractivity contribution < 1.29 is 68.4 Å². The Morgan fingerprint density at radius 2 is 1.65 bits per heavy atom. The van der Waals surface area contributed by atoms with Gasteiger partial charge in [-0.2, -0.15) is 5.06 Å². The fourth-order valence-corrected chi connectivity index (χ4v) is 10.3. The Balaban J connectivity index is 0.998. The number of nitrogens with one attached hydrogen (secondary N) is 1. The highest BCUT2D eigenvalue weighted by atomic mass is 16.8. The minimum absolute atomic E-state index is 0.00718. The Bertz CT molecular complexity index is 2170. The predicted molar refractivity (Wildman–Crippen MR) is 219 cm³/mol. The van der Waals surface area contributed by atoms with Gasteiger partial charge in [-0.25, -0.2) is 0 Å². The van der Waals surface area contributed by atoms with E-state index < -0.39 is 103 Å². The monoisotopic (exact) mass is 871 g/mol. The lowest BCUT2D eigenvalue weighted by molar-refractivity contribution is -0.298. The number of benzene rings is 3. The number of hydroxylamine groups is 2. The molecule has 9 rings (SSSR count). The van der Waals surface area contributed by atoms with E-state index in [-0.39, 0.29) is 39.1 Å². The number of likely N-dealkylation sites (N-methyl/N-ethyl adjacent to an activating group) is 1. The number of carbonyl (C=O) groups excluding carboxylic acids is 3. The zero-order valence-electron chi connectivity index (χ0n) is 34.7. The van der Waals surface area contributed by atoms with Crippen LogP contribution in [0.4, 0.5) is 0 Å². The highest BCUT2D eigenvalue weighted by Gasteiger charge is 2.77. The molecule has 3 aromatic rings. The SMILES string of the molecule is CN(C(=O)[C@@]12C[C@H]3OC(=O)[C@@H]1N(Cc1cccc(C=CCO[C@H]4O[C@H](CO)[C@H](O)[C@H](O)[C@H]4O)c1)O[C@@H]2[C@H]1OC2(Cc4ccccc4C2)O[C@H]13)[C@H](Cc1ccccc1)C(=O)NCCO. The zero-order valence-corrected chi connectivity index (χ0v) is 34.7. The Hall–Kier alpha value is -4.63. The van der Waals surface area contributed by atoms with Crippen molar-refractivity contribution in [1.29, 1.82) is 0 Å². The number of aliphatic hydroxyl groups excluding tert-OH is 5. The first-order valence-electron chi connectivity index (χ1n) is 21.4. The van der Waals surface area contributed by atoms with E-state index in [0.29, 0.717) is 12.8 Å². The number of amides is 2. The summed E-state index contributed by atoms with van der Waals surface area (Å²) < 4.78 is 30.9. The van der Waals surface area contributed by atoms with Gasteiger partial charge in [0.25, 0.3) is 0 Å². The molecule has 17 heteroatoms. The van der Waals surface area contributed by atoms with Crippen LogP contribution in [0.15, 0.2) is 84.9 Å². The van der Waals surface area contributed by atoms with Gasteiger partial charge < -0.3 is 59.4 Å². The van der Waals surface area contributed by atoms with Crippen LogP contribution in [0.5, 0.6) is 0 Å². The lowest BCUT2D eigenvalue weighted by Crippen LogP contribution is -2.70. The molecule has 6 aliphatic rings. The van der Waals surface area contributed by atoms with Crippen molar-refractivity contribution in [2.75, 3.05) is 33.4 Å². The van der Waals surface area contributed by atoms with Crippen LogP contribution in [0.1, 0.15) is 34.2 Å². The van der Waals surface area contributed by atoms with Crippen LogP contribution >= 0.6 is 0 Å². The fraction of sp³-hybridized carbons (Fsp3) is 0.500. The van der Waals surface area contributed by atoms with Gasteiger partial charge >= 0.3 is 5.97 Å². The lowest BCUT2D eigenvalue weighted by Gasteiger charge is -2.50. The van der Waals surface area contributed by atoms with Gasteiger partial charge in [0.15, 0.2) is 18.1 Å². The molecule has 5 fully saturated rings. The van der Waals surface area contributed by atoms with Crippen molar-refractivity contribution in [3.8, 4) is 0 Å². The summed E-state index contributed by atoms with van der Waals surface area (Å²) in [5.41, 5.74) is 2.90. The fourth-order valence-electron chi connectivity index (χ4n) is 10.3. The van der Waals surface area contributed by atoms with E-state index in [2.05, 4.69) is 5.32 Å². The van der Waals surface area contributed by atoms with Crippen molar-refractivity contribution in [1.82, 2.24) is 15.3 Å². The molecule has 17 nitrogen and oxygen atoms in total. The lowest BCUT2D eigenvalue weighted by atomic mass is 9.62. The summed E-state index contributed by atoms with van der Waals surface area (Å²) in [6.07, 6.45) is -5.76. The average molecular weight is 872 g/mol. The van der Waals surface area contributed by atoms with Gasteiger partial charge in [-0.05, 0) is 27.8 Å². The van der Waals surface area contributed by atoms with Crippen LogP contribution in [0.3, 0.4) is 0 Å². The number of aliphatic hydroxyl groups is 5. The summed E-state index contributed by atoms with van der Waals surface area (Å²) in [5.74, 6) is -2.65. The first-order chi connectivity index (χ1) is 30.4. The van der Waals surface area contributed by atoms with Crippen molar-refractivity contribution in [3.05, 3.63) is 113 Å². The van der Waals surface area contributed by atoms with Gasteiger partial charge in [0, 0.05) is 39.3 Å². The second kappa shape index (κ2) is 17.7. The molecular weight excluding hydrogens is 819 g/mol. The maximum Gasteiger partial charge on any atom is 0.327 e. The normalized spacial score (nSPS) is 33.2. The van der Waals surface area contributed by atoms with Crippen LogP contribution in [-0.4, -0.2) is 160 Å². The van der Waals surface area contributed by atoms with E-state index in [9.17, 15) is 35.1 Å². The first-order valence-corrected chi connectivity index (χ1v) is 21.4. The van der Waals surface area contributed by atoms with Crippen molar-refractivity contribution in [3.63, 3.8) is 0 Å². The minimum Gasteiger partial charge on any atom is -0.458 e. The Morgan fingerprint density at radius 1 is 0.937 bits per heavy atom. The molecular formula is C46H53N3O14. The Kier molecular flexibility index (Phi) is 12.3. The number of hydrogen-bond donors (Lipinski definition) is 6. The molecule has 1 saturated carbocycles. The van der Waals surface area contributed by atoms with Crippen molar-refractivity contribution >= 4 is 23.9 Å². The number of hydrogen-bond acceptors (Lipinski definition) is 15. The highest BCUT2D eigenvalue weighted by molar-refractivity contribution is 5.96. The van der Waals surface area contributed by atoms with E-state index in [4.69, 9.17) is 28.5 Å². The third-order valence-electron chi connectivity index (χ3n) is 13.3. The van der Waals surface area contributed by atoms with Crippen LogP contribution in [0, 0.1) is 5.41 Å². The quantitative estimate of drug-likeness (QED) is 0.115. The first kappa shape index (κ1) is 43.6. The molecule has 4 heterocycles. The molecule has 4 aliphatic heterocycles. The minimum atomic E-state index is -1.56. The molecule has 0 unspecified atom stereocenters. The van der Waals surface area contributed by atoms with E-state index in [0.717, 1.165) is 27.8 Å². The van der Waals surface area contributed by atoms with Gasteiger partial charge in [-0.1, -0.05) is 91.0 Å². The highest BCUT2D eigenvalue weighted by Crippen LogP contribution is 2.59. The number of carbonyl (C=O) groups is 3. The standard InChI is InChI=1S/C46H53N3O14/c1-48(31(41(55)47-16-17-50)20-27-9-3-2-4-10-27)44(57)46-23-32-37-38(62-45(61-37)21-29-14-5-6-15-30(29)22-45)40(46)63-49(39(46)42(56)59-32)24-28-12-7-11-26(19-28)13-8-18-58-43-36(54)35(53)34(52)33(25-51)60-43/h2-15,19,31-40,43,50-54H,16-18,20-25H2,1H3,(H,47,55)/t31-,32-,33-,34+,35+,36-,37+,38+,39+,40-,43+,46+/m1/s1. The maximum absolute atomic E-state index is 15.5. The molecule has 0 radical (unpaired) electrons. The van der Waals surface area contributed by atoms with E-state index in [1.807, 2.05) is 78.9 Å². The molecule has 2 aliphatic carbocycles. The summed E-state index contributed by atoms with van der Waals surface area (Å²) in [6, 6.07) is 22.5. The largest absolute Gasteiger partial charge is 0.458 e. The van der Waals surface area contributed by atoms with E-state index >= 15 is 4.79 Å².